The Bertz CT molecular complexity index is 283. The standard InChI is InChI=1S/C10H15N3/c1-3-7-13(2)8-10-9(11)5-4-6-12-10/h3-6H,1,7-8,11H2,2H3. The lowest BCUT2D eigenvalue weighted by Gasteiger charge is -2.14. The zero-order valence-electron chi connectivity index (χ0n) is 7.90. The first-order valence-corrected chi connectivity index (χ1v) is 4.23. The minimum Gasteiger partial charge on any atom is -0.397 e. The Morgan fingerprint density at radius 3 is 3.08 bits per heavy atom. The Morgan fingerprint density at radius 2 is 2.46 bits per heavy atom. The number of nitrogen functional groups attached to an aromatic ring is 1. The van der Waals surface area contributed by atoms with Gasteiger partial charge < -0.3 is 5.73 Å². The molecule has 0 fully saturated rings. The van der Waals surface area contributed by atoms with Crippen molar-refractivity contribution in [1.82, 2.24) is 9.88 Å². The predicted molar refractivity (Wildman–Crippen MR) is 55.2 cm³/mol. The number of rotatable bonds is 4. The van der Waals surface area contributed by atoms with E-state index in [1.807, 2.05) is 25.3 Å². The molecule has 0 bridgehead atoms. The molecule has 0 saturated heterocycles. The normalized spacial score (nSPS) is 10.3. The third-order valence-electron chi connectivity index (χ3n) is 1.79. The van der Waals surface area contributed by atoms with Gasteiger partial charge >= 0.3 is 0 Å². The monoisotopic (exact) mass is 177 g/mol. The van der Waals surface area contributed by atoms with Crippen LogP contribution in [0.15, 0.2) is 31.0 Å². The molecule has 0 saturated carbocycles. The summed E-state index contributed by atoms with van der Waals surface area (Å²) >= 11 is 0. The van der Waals surface area contributed by atoms with E-state index >= 15 is 0 Å². The van der Waals surface area contributed by atoms with Gasteiger partial charge in [-0.2, -0.15) is 0 Å². The van der Waals surface area contributed by atoms with E-state index in [0.717, 1.165) is 24.5 Å². The second-order valence-corrected chi connectivity index (χ2v) is 3.02. The summed E-state index contributed by atoms with van der Waals surface area (Å²) in [7, 11) is 2.01. The molecule has 13 heavy (non-hydrogen) atoms. The van der Waals surface area contributed by atoms with E-state index < -0.39 is 0 Å². The highest BCUT2D eigenvalue weighted by Gasteiger charge is 2.02. The minimum absolute atomic E-state index is 0.749. The van der Waals surface area contributed by atoms with Gasteiger partial charge in [-0.1, -0.05) is 6.08 Å². The summed E-state index contributed by atoms with van der Waals surface area (Å²) in [5, 5.41) is 0. The first-order chi connectivity index (χ1) is 6.24. The van der Waals surface area contributed by atoms with Crippen LogP contribution in [-0.4, -0.2) is 23.5 Å². The summed E-state index contributed by atoms with van der Waals surface area (Å²) in [6.45, 7) is 5.28. The van der Waals surface area contributed by atoms with Crippen LogP contribution in [0.2, 0.25) is 0 Å². The van der Waals surface area contributed by atoms with Crippen molar-refractivity contribution >= 4 is 5.69 Å². The van der Waals surface area contributed by atoms with E-state index in [1.54, 1.807) is 6.20 Å². The van der Waals surface area contributed by atoms with Crippen LogP contribution in [0, 0.1) is 0 Å². The number of aromatic nitrogens is 1. The van der Waals surface area contributed by atoms with Gasteiger partial charge in [-0.05, 0) is 19.2 Å². The fourth-order valence-electron chi connectivity index (χ4n) is 1.12. The van der Waals surface area contributed by atoms with Gasteiger partial charge in [0.05, 0.1) is 11.4 Å². The molecule has 1 aromatic heterocycles. The van der Waals surface area contributed by atoms with Crippen LogP contribution in [-0.2, 0) is 6.54 Å². The minimum atomic E-state index is 0.749. The number of nitrogens with two attached hydrogens (primary N) is 1. The topological polar surface area (TPSA) is 42.2 Å². The molecular weight excluding hydrogens is 162 g/mol. The van der Waals surface area contributed by atoms with E-state index in [9.17, 15) is 0 Å². The molecule has 70 valence electrons. The first-order valence-electron chi connectivity index (χ1n) is 4.23. The molecule has 0 aromatic carbocycles. The zero-order valence-corrected chi connectivity index (χ0v) is 7.90. The van der Waals surface area contributed by atoms with Crippen molar-refractivity contribution in [3.8, 4) is 0 Å². The molecule has 0 aliphatic carbocycles. The van der Waals surface area contributed by atoms with E-state index in [1.165, 1.54) is 0 Å². The zero-order chi connectivity index (χ0) is 9.68. The fourth-order valence-corrected chi connectivity index (χ4v) is 1.12. The van der Waals surface area contributed by atoms with E-state index in [2.05, 4.69) is 16.5 Å². The van der Waals surface area contributed by atoms with E-state index in [-0.39, 0.29) is 0 Å². The maximum Gasteiger partial charge on any atom is 0.0772 e. The molecular formula is C10H15N3. The van der Waals surface area contributed by atoms with Crippen molar-refractivity contribution in [1.29, 1.82) is 0 Å². The van der Waals surface area contributed by atoms with Crippen LogP contribution < -0.4 is 5.73 Å². The number of hydrogen-bond donors (Lipinski definition) is 1. The number of nitrogens with zero attached hydrogens (tertiary/aromatic N) is 2. The lowest BCUT2D eigenvalue weighted by atomic mass is 10.3. The SMILES string of the molecule is C=CCN(C)Cc1ncccc1N. The van der Waals surface area contributed by atoms with Crippen LogP contribution in [0.3, 0.4) is 0 Å². The average molecular weight is 177 g/mol. The smallest absolute Gasteiger partial charge is 0.0772 e. The van der Waals surface area contributed by atoms with Crippen molar-refractivity contribution in [3.63, 3.8) is 0 Å². The number of anilines is 1. The highest BCUT2D eigenvalue weighted by Crippen LogP contribution is 2.08. The van der Waals surface area contributed by atoms with Crippen LogP contribution in [0.5, 0.6) is 0 Å². The van der Waals surface area contributed by atoms with Gasteiger partial charge in [0.1, 0.15) is 0 Å². The molecule has 0 amide bonds. The second kappa shape index (κ2) is 4.62. The summed E-state index contributed by atoms with van der Waals surface area (Å²) in [4.78, 5) is 6.30. The molecule has 0 aliphatic rings. The molecule has 3 heteroatoms. The summed E-state index contributed by atoms with van der Waals surface area (Å²) in [5.74, 6) is 0. The van der Waals surface area contributed by atoms with Gasteiger partial charge in [0.15, 0.2) is 0 Å². The Labute approximate surface area is 78.9 Å². The third kappa shape index (κ3) is 2.87. The van der Waals surface area contributed by atoms with Crippen LogP contribution in [0.25, 0.3) is 0 Å². The maximum absolute atomic E-state index is 5.75. The quantitative estimate of drug-likeness (QED) is 0.704. The summed E-state index contributed by atoms with van der Waals surface area (Å²) in [6, 6.07) is 3.70. The van der Waals surface area contributed by atoms with E-state index in [0.29, 0.717) is 0 Å². The lowest BCUT2D eigenvalue weighted by Crippen LogP contribution is -2.19. The van der Waals surface area contributed by atoms with Crippen molar-refractivity contribution in [2.75, 3.05) is 19.3 Å². The molecule has 0 unspecified atom stereocenters. The van der Waals surface area contributed by atoms with Crippen molar-refractivity contribution < 1.29 is 0 Å². The Hall–Kier alpha value is -1.35. The first kappa shape index (κ1) is 9.74. The molecule has 1 heterocycles. The van der Waals surface area contributed by atoms with Crippen LogP contribution in [0.1, 0.15) is 5.69 Å². The van der Waals surface area contributed by atoms with Crippen LogP contribution in [0.4, 0.5) is 5.69 Å². The van der Waals surface area contributed by atoms with Gasteiger partial charge in [0.2, 0.25) is 0 Å². The largest absolute Gasteiger partial charge is 0.397 e. The third-order valence-corrected chi connectivity index (χ3v) is 1.79. The molecule has 0 spiro atoms. The summed E-state index contributed by atoms with van der Waals surface area (Å²) in [6.07, 6.45) is 3.62. The van der Waals surface area contributed by atoms with Gasteiger partial charge in [0, 0.05) is 19.3 Å². The Balaban J connectivity index is 2.63. The number of likely N-dealkylation sites (N-methyl/N-ethyl adjacent to an activating group) is 1. The van der Waals surface area contributed by atoms with Crippen molar-refractivity contribution in [3.05, 3.63) is 36.7 Å². The summed E-state index contributed by atoms with van der Waals surface area (Å²) in [5.41, 5.74) is 7.42. The molecule has 3 nitrogen and oxygen atoms in total. The predicted octanol–water partition coefficient (Wildman–Crippen LogP) is 1.28. The lowest BCUT2D eigenvalue weighted by molar-refractivity contribution is 0.359. The highest BCUT2D eigenvalue weighted by atomic mass is 15.1. The molecule has 0 radical (unpaired) electrons. The molecule has 1 aromatic rings. The molecule has 0 aliphatic heterocycles. The van der Waals surface area contributed by atoms with Gasteiger partial charge in [-0.15, -0.1) is 6.58 Å². The number of hydrogen-bond acceptors (Lipinski definition) is 3. The average Bonchev–Trinajstić information content (AvgIpc) is 2.09. The Kier molecular flexibility index (Phi) is 3.46. The van der Waals surface area contributed by atoms with Gasteiger partial charge in [-0.25, -0.2) is 0 Å². The molecule has 2 N–H and O–H groups in total. The van der Waals surface area contributed by atoms with E-state index in [4.69, 9.17) is 5.73 Å². The van der Waals surface area contributed by atoms with Crippen molar-refractivity contribution in [2.45, 2.75) is 6.54 Å². The van der Waals surface area contributed by atoms with Gasteiger partial charge in [-0.3, -0.25) is 9.88 Å². The molecule has 0 atom stereocenters. The second-order valence-electron chi connectivity index (χ2n) is 3.02. The maximum atomic E-state index is 5.75. The molecule has 1 rings (SSSR count). The number of pyridine rings is 1. The highest BCUT2D eigenvalue weighted by molar-refractivity contribution is 5.41. The van der Waals surface area contributed by atoms with Crippen LogP contribution >= 0.6 is 0 Å². The fraction of sp³-hybridized carbons (Fsp3) is 0.300. The Morgan fingerprint density at radius 1 is 1.69 bits per heavy atom. The van der Waals surface area contributed by atoms with Crippen molar-refractivity contribution in [2.24, 2.45) is 0 Å². The van der Waals surface area contributed by atoms with Gasteiger partial charge in [0.25, 0.3) is 0 Å². The summed E-state index contributed by atoms with van der Waals surface area (Å²) < 4.78 is 0.